The number of carbonyl (C=O) groups is 1. The van der Waals surface area contributed by atoms with Crippen LogP contribution in [0, 0.1) is 5.92 Å². The Labute approximate surface area is 99.5 Å². The van der Waals surface area contributed by atoms with Crippen LogP contribution in [0.2, 0.25) is 0 Å². The van der Waals surface area contributed by atoms with Crippen molar-refractivity contribution in [1.29, 1.82) is 0 Å². The Morgan fingerprint density at radius 1 is 1.35 bits per heavy atom. The maximum absolute atomic E-state index is 11.0. The Kier molecular flexibility index (Phi) is 3.04. The summed E-state index contributed by atoms with van der Waals surface area (Å²) >= 11 is 0. The molecule has 0 bridgehead atoms. The highest BCUT2D eigenvalue weighted by Crippen LogP contribution is 2.34. The Morgan fingerprint density at radius 3 is 2.71 bits per heavy atom. The number of hydrogen-bond donors (Lipinski definition) is 1. The Morgan fingerprint density at radius 2 is 2.12 bits per heavy atom. The molecule has 1 atom stereocenters. The topological polar surface area (TPSA) is 55.8 Å². The Bertz CT molecular complexity index is 477. The molecule has 0 spiro atoms. The molecule has 1 aliphatic carbocycles. The second-order valence-corrected chi connectivity index (χ2v) is 3.91. The van der Waals surface area contributed by atoms with Crippen LogP contribution >= 0.6 is 0 Å². The van der Waals surface area contributed by atoms with Crippen molar-refractivity contribution >= 4 is 12.0 Å². The van der Waals surface area contributed by atoms with Gasteiger partial charge in [0.1, 0.15) is 11.5 Å². The summed E-state index contributed by atoms with van der Waals surface area (Å²) in [5.74, 6) is 0.104. The van der Waals surface area contributed by atoms with Gasteiger partial charge in [-0.1, -0.05) is 12.2 Å². The zero-order valence-corrected chi connectivity index (χ0v) is 9.77. The predicted molar refractivity (Wildman–Crippen MR) is 63.4 cm³/mol. The van der Waals surface area contributed by atoms with Crippen LogP contribution in [-0.2, 0) is 11.2 Å². The van der Waals surface area contributed by atoms with E-state index in [4.69, 9.17) is 14.6 Å². The smallest absolute Gasteiger partial charge is 0.310 e. The minimum absolute atomic E-state index is 0.467. The molecule has 1 aliphatic rings. The fourth-order valence-electron chi connectivity index (χ4n) is 1.99. The monoisotopic (exact) mass is 234 g/mol. The van der Waals surface area contributed by atoms with Crippen molar-refractivity contribution in [3.05, 3.63) is 29.3 Å². The second kappa shape index (κ2) is 4.49. The molecule has 4 heteroatoms. The van der Waals surface area contributed by atoms with E-state index in [-0.39, 0.29) is 0 Å². The molecule has 90 valence electrons. The van der Waals surface area contributed by atoms with E-state index >= 15 is 0 Å². The number of aliphatic carboxylic acids is 1. The summed E-state index contributed by atoms with van der Waals surface area (Å²) in [4.78, 5) is 11.0. The fourth-order valence-corrected chi connectivity index (χ4v) is 1.99. The van der Waals surface area contributed by atoms with Crippen LogP contribution in [0.3, 0.4) is 0 Å². The van der Waals surface area contributed by atoms with Crippen LogP contribution in [0.25, 0.3) is 6.08 Å². The third-order valence-electron chi connectivity index (χ3n) is 2.91. The van der Waals surface area contributed by atoms with Crippen LogP contribution < -0.4 is 9.47 Å². The van der Waals surface area contributed by atoms with Gasteiger partial charge in [-0.05, 0) is 18.1 Å². The van der Waals surface area contributed by atoms with Gasteiger partial charge in [-0.15, -0.1) is 0 Å². The molecule has 17 heavy (non-hydrogen) atoms. The number of rotatable bonds is 3. The lowest BCUT2D eigenvalue weighted by Gasteiger charge is -2.19. The first kappa shape index (κ1) is 11.5. The lowest BCUT2D eigenvalue weighted by Crippen LogP contribution is -2.17. The van der Waals surface area contributed by atoms with Gasteiger partial charge in [-0.2, -0.15) is 0 Å². The molecule has 0 aromatic heterocycles. The normalized spacial score (nSPS) is 17.4. The molecular weight excluding hydrogens is 220 g/mol. The maximum Gasteiger partial charge on any atom is 0.310 e. The van der Waals surface area contributed by atoms with Crippen LogP contribution in [0.1, 0.15) is 11.1 Å². The zero-order valence-electron chi connectivity index (χ0n) is 9.77. The Hall–Kier alpha value is -1.97. The summed E-state index contributed by atoms with van der Waals surface area (Å²) in [5.41, 5.74) is 1.88. The van der Waals surface area contributed by atoms with E-state index in [1.165, 1.54) is 0 Å². The van der Waals surface area contributed by atoms with Gasteiger partial charge in [0.05, 0.1) is 20.1 Å². The predicted octanol–water partition coefficient (Wildman–Crippen LogP) is 1.97. The van der Waals surface area contributed by atoms with Gasteiger partial charge >= 0.3 is 5.97 Å². The van der Waals surface area contributed by atoms with E-state index in [0.29, 0.717) is 17.9 Å². The minimum Gasteiger partial charge on any atom is -0.497 e. The molecule has 4 nitrogen and oxygen atoms in total. The van der Waals surface area contributed by atoms with Crippen LogP contribution in [0.4, 0.5) is 0 Å². The summed E-state index contributed by atoms with van der Waals surface area (Å²) in [6.45, 7) is 0. The minimum atomic E-state index is -0.811. The van der Waals surface area contributed by atoms with Gasteiger partial charge in [0.25, 0.3) is 0 Å². The molecule has 1 unspecified atom stereocenters. The lowest BCUT2D eigenvalue weighted by atomic mass is 9.89. The molecule has 0 saturated carbocycles. The number of ether oxygens (including phenoxy) is 2. The van der Waals surface area contributed by atoms with Gasteiger partial charge in [0.2, 0.25) is 0 Å². The highest BCUT2D eigenvalue weighted by Gasteiger charge is 2.22. The fraction of sp³-hybridized carbons (Fsp3) is 0.308. The van der Waals surface area contributed by atoms with E-state index in [0.717, 1.165) is 11.1 Å². The summed E-state index contributed by atoms with van der Waals surface area (Å²) < 4.78 is 10.4. The molecule has 2 rings (SSSR count). The summed E-state index contributed by atoms with van der Waals surface area (Å²) in [6.07, 6.45) is 3.96. The first-order valence-electron chi connectivity index (χ1n) is 5.31. The average Bonchev–Trinajstić information content (AvgIpc) is 2.36. The molecule has 0 fully saturated rings. The highest BCUT2D eigenvalue weighted by atomic mass is 16.5. The van der Waals surface area contributed by atoms with Crippen LogP contribution in [-0.4, -0.2) is 25.3 Å². The zero-order chi connectivity index (χ0) is 12.4. The molecule has 1 N–H and O–H groups in total. The van der Waals surface area contributed by atoms with Crippen molar-refractivity contribution in [2.24, 2.45) is 5.92 Å². The second-order valence-electron chi connectivity index (χ2n) is 3.91. The molecule has 0 radical (unpaired) electrons. The van der Waals surface area contributed by atoms with E-state index in [1.807, 2.05) is 6.07 Å². The van der Waals surface area contributed by atoms with Crippen molar-refractivity contribution in [2.45, 2.75) is 6.42 Å². The van der Waals surface area contributed by atoms with Gasteiger partial charge in [-0.3, -0.25) is 4.79 Å². The van der Waals surface area contributed by atoms with Crippen molar-refractivity contribution < 1.29 is 19.4 Å². The van der Waals surface area contributed by atoms with Crippen molar-refractivity contribution in [1.82, 2.24) is 0 Å². The Balaban J connectivity index is 2.46. The molecule has 0 saturated heterocycles. The highest BCUT2D eigenvalue weighted by molar-refractivity contribution is 5.78. The molecule has 1 aromatic rings. The lowest BCUT2D eigenvalue weighted by molar-refractivity contribution is -0.140. The van der Waals surface area contributed by atoms with Crippen LogP contribution in [0.5, 0.6) is 11.5 Å². The molecule has 0 amide bonds. The van der Waals surface area contributed by atoms with E-state index in [9.17, 15) is 4.79 Å². The number of methoxy groups -OCH3 is 2. The largest absolute Gasteiger partial charge is 0.497 e. The van der Waals surface area contributed by atoms with Gasteiger partial charge in [0.15, 0.2) is 0 Å². The van der Waals surface area contributed by atoms with E-state index < -0.39 is 11.9 Å². The quantitative estimate of drug-likeness (QED) is 0.868. The number of carboxylic acid groups (broad SMARTS) is 1. The SMILES string of the molecule is COc1cc2c(c(OC)c1)C=CC(C(=O)O)C2. The third kappa shape index (κ3) is 2.11. The van der Waals surface area contributed by atoms with E-state index in [1.54, 1.807) is 32.4 Å². The number of benzene rings is 1. The number of carboxylic acids is 1. The molecule has 1 aromatic carbocycles. The number of hydrogen-bond acceptors (Lipinski definition) is 3. The van der Waals surface area contributed by atoms with Crippen molar-refractivity contribution in [3.8, 4) is 11.5 Å². The van der Waals surface area contributed by atoms with Crippen LogP contribution in [0.15, 0.2) is 18.2 Å². The van der Waals surface area contributed by atoms with Gasteiger partial charge in [-0.25, -0.2) is 0 Å². The summed E-state index contributed by atoms with van der Waals surface area (Å²) in [6, 6.07) is 3.65. The van der Waals surface area contributed by atoms with E-state index in [2.05, 4.69) is 0 Å². The molecular formula is C13H14O4. The first-order chi connectivity index (χ1) is 8.15. The number of fused-ring (bicyclic) bond motifs is 1. The molecule has 0 heterocycles. The standard InChI is InChI=1S/C13H14O4/c1-16-10-6-9-5-8(13(14)15)3-4-11(9)12(7-10)17-2/h3-4,6-8H,5H2,1-2H3,(H,14,15). The molecule has 0 aliphatic heterocycles. The summed E-state index contributed by atoms with van der Waals surface area (Å²) in [7, 11) is 3.17. The van der Waals surface area contributed by atoms with Gasteiger partial charge < -0.3 is 14.6 Å². The first-order valence-corrected chi connectivity index (χ1v) is 5.31. The average molecular weight is 234 g/mol. The third-order valence-corrected chi connectivity index (χ3v) is 2.91. The summed E-state index contributed by atoms with van der Waals surface area (Å²) in [5, 5.41) is 9.00. The van der Waals surface area contributed by atoms with Crippen molar-refractivity contribution in [2.75, 3.05) is 14.2 Å². The maximum atomic E-state index is 11.0. The van der Waals surface area contributed by atoms with Crippen molar-refractivity contribution in [3.63, 3.8) is 0 Å². The van der Waals surface area contributed by atoms with Gasteiger partial charge in [0, 0.05) is 11.6 Å².